The minimum absolute atomic E-state index is 0.0507. The molecule has 0 saturated heterocycles. The van der Waals surface area contributed by atoms with Gasteiger partial charge in [0.25, 0.3) is 0 Å². The summed E-state index contributed by atoms with van der Waals surface area (Å²) in [4.78, 5) is 14.3. The van der Waals surface area contributed by atoms with Crippen molar-refractivity contribution in [3.8, 4) is 0 Å². The van der Waals surface area contributed by atoms with Gasteiger partial charge in [0.1, 0.15) is 0 Å². The number of nitrogens with one attached hydrogen (secondary N) is 2. The van der Waals surface area contributed by atoms with Crippen LogP contribution >= 0.6 is 0 Å². The molecule has 0 saturated carbocycles. The van der Waals surface area contributed by atoms with Crippen LogP contribution in [0.5, 0.6) is 0 Å². The maximum atomic E-state index is 11.0. The fourth-order valence-corrected chi connectivity index (χ4v) is 2.11. The first-order chi connectivity index (χ1) is 8.47. The number of aryl methyl sites for hydroxylation is 2. The molecule has 1 aromatic carbocycles. The number of anilines is 1. The second kappa shape index (κ2) is 4.69. The van der Waals surface area contributed by atoms with Crippen molar-refractivity contribution < 1.29 is 4.79 Å². The van der Waals surface area contributed by atoms with Crippen LogP contribution in [0.3, 0.4) is 0 Å². The highest BCUT2D eigenvalue weighted by Gasteiger charge is 2.04. The molecular formula is C15H18N2O. The van der Waals surface area contributed by atoms with E-state index in [9.17, 15) is 4.79 Å². The number of benzene rings is 1. The summed E-state index contributed by atoms with van der Waals surface area (Å²) in [7, 11) is 0. The number of hydrogen-bond donors (Lipinski definition) is 2. The Morgan fingerprint density at radius 2 is 2.00 bits per heavy atom. The van der Waals surface area contributed by atoms with Gasteiger partial charge in [-0.05, 0) is 57.5 Å². The molecule has 0 bridgehead atoms. The van der Waals surface area contributed by atoms with Gasteiger partial charge in [0.2, 0.25) is 0 Å². The van der Waals surface area contributed by atoms with Gasteiger partial charge in [0, 0.05) is 28.0 Å². The SMILES string of the molecule is CC(=O)/C=C(\C)Nc1ccc2[nH]c(C)c(C)c2c1. The molecule has 2 rings (SSSR count). The van der Waals surface area contributed by atoms with Gasteiger partial charge in [-0.2, -0.15) is 0 Å². The molecule has 0 aliphatic rings. The highest BCUT2D eigenvalue weighted by molar-refractivity contribution is 5.89. The summed E-state index contributed by atoms with van der Waals surface area (Å²) in [6.07, 6.45) is 1.60. The number of carbonyl (C=O) groups is 1. The molecule has 0 atom stereocenters. The molecule has 2 N–H and O–H groups in total. The molecule has 1 heterocycles. The van der Waals surface area contributed by atoms with E-state index in [0.717, 1.165) is 16.9 Å². The highest BCUT2D eigenvalue weighted by atomic mass is 16.1. The number of aromatic amines is 1. The number of hydrogen-bond acceptors (Lipinski definition) is 2. The highest BCUT2D eigenvalue weighted by Crippen LogP contribution is 2.25. The van der Waals surface area contributed by atoms with Crippen molar-refractivity contribution in [2.24, 2.45) is 0 Å². The van der Waals surface area contributed by atoms with Crippen LogP contribution in [0.4, 0.5) is 5.69 Å². The summed E-state index contributed by atoms with van der Waals surface area (Å²) in [6, 6.07) is 6.17. The van der Waals surface area contributed by atoms with Crippen molar-refractivity contribution in [1.82, 2.24) is 4.98 Å². The maximum absolute atomic E-state index is 11.0. The van der Waals surface area contributed by atoms with Crippen molar-refractivity contribution in [3.63, 3.8) is 0 Å². The number of rotatable bonds is 3. The molecule has 0 aliphatic heterocycles. The van der Waals surface area contributed by atoms with E-state index < -0.39 is 0 Å². The first kappa shape index (κ1) is 12.4. The third-order valence-corrected chi connectivity index (χ3v) is 3.07. The van der Waals surface area contributed by atoms with Gasteiger partial charge < -0.3 is 10.3 Å². The first-order valence-corrected chi connectivity index (χ1v) is 6.02. The monoisotopic (exact) mass is 242 g/mol. The van der Waals surface area contributed by atoms with Crippen LogP contribution in [0.25, 0.3) is 10.9 Å². The van der Waals surface area contributed by atoms with Gasteiger partial charge >= 0.3 is 0 Å². The van der Waals surface area contributed by atoms with Crippen molar-refractivity contribution in [3.05, 3.63) is 41.2 Å². The van der Waals surface area contributed by atoms with E-state index in [1.54, 1.807) is 13.0 Å². The number of ketones is 1. The fourth-order valence-electron chi connectivity index (χ4n) is 2.11. The van der Waals surface area contributed by atoms with Crippen LogP contribution in [0.15, 0.2) is 30.0 Å². The lowest BCUT2D eigenvalue weighted by molar-refractivity contribution is -0.112. The third-order valence-electron chi connectivity index (χ3n) is 3.07. The predicted octanol–water partition coefficient (Wildman–Crippen LogP) is 3.69. The molecule has 0 amide bonds. The van der Waals surface area contributed by atoms with Crippen molar-refractivity contribution >= 4 is 22.4 Å². The van der Waals surface area contributed by atoms with Gasteiger partial charge in [0.15, 0.2) is 5.78 Å². The standard InChI is InChI=1S/C15H18N2O/c1-9(7-10(2)18)16-13-5-6-15-14(8-13)11(3)12(4)17-15/h5-8,16-17H,1-4H3/b9-7+. The fraction of sp³-hybridized carbons (Fsp3) is 0.267. The molecule has 0 fully saturated rings. The Morgan fingerprint density at radius 3 is 2.67 bits per heavy atom. The lowest BCUT2D eigenvalue weighted by Gasteiger charge is -2.06. The quantitative estimate of drug-likeness (QED) is 0.806. The van der Waals surface area contributed by atoms with Gasteiger partial charge in [-0.25, -0.2) is 0 Å². The number of allylic oxidation sites excluding steroid dienone is 2. The van der Waals surface area contributed by atoms with Crippen molar-refractivity contribution in [1.29, 1.82) is 0 Å². The normalized spacial score (nSPS) is 11.9. The number of fused-ring (bicyclic) bond motifs is 1. The van der Waals surface area contributed by atoms with Gasteiger partial charge in [-0.1, -0.05) is 0 Å². The molecule has 0 spiro atoms. The van der Waals surface area contributed by atoms with Gasteiger partial charge in [0.05, 0.1) is 0 Å². The number of H-pyrrole nitrogens is 1. The zero-order chi connectivity index (χ0) is 13.3. The molecule has 0 radical (unpaired) electrons. The van der Waals surface area contributed by atoms with Crippen LogP contribution in [0.1, 0.15) is 25.1 Å². The minimum Gasteiger partial charge on any atom is -0.359 e. The molecule has 0 aliphatic carbocycles. The van der Waals surface area contributed by atoms with E-state index in [0.29, 0.717) is 0 Å². The average Bonchev–Trinajstić information content (AvgIpc) is 2.54. The van der Waals surface area contributed by atoms with E-state index in [1.807, 2.05) is 13.0 Å². The van der Waals surface area contributed by atoms with Crippen molar-refractivity contribution in [2.45, 2.75) is 27.7 Å². The molecule has 0 unspecified atom stereocenters. The average molecular weight is 242 g/mol. The van der Waals surface area contributed by atoms with Crippen LogP contribution in [0.2, 0.25) is 0 Å². The summed E-state index contributed by atoms with van der Waals surface area (Å²) >= 11 is 0. The first-order valence-electron chi connectivity index (χ1n) is 6.02. The minimum atomic E-state index is 0.0507. The molecule has 94 valence electrons. The Kier molecular flexibility index (Phi) is 3.24. The summed E-state index contributed by atoms with van der Waals surface area (Å²) in [5, 5.41) is 4.44. The lowest BCUT2D eigenvalue weighted by Crippen LogP contribution is -1.97. The topological polar surface area (TPSA) is 44.9 Å². The van der Waals surface area contributed by atoms with E-state index in [4.69, 9.17) is 0 Å². The van der Waals surface area contributed by atoms with Gasteiger partial charge in [-0.15, -0.1) is 0 Å². The summed E-state index contributed by atoms with van der Waals surface area (Å²) < 4.78 is 0. The Hall–Kier alpha value is -2.03. The summed E-state index contributed by atoms with van der Waals surface area (Å²) in [5.41, 5.74) is 5.45. The lowest BCUT2D eigenvalue weighted by atomic mass is 10.1. The van der Waals surface area contributed by atoms with Crippen LogP contribution < -0.4 is 5.32 Å². The molecule has 3 heteroatoms. The molecule has 18 heavy (non-hydrogen) atoms. The smallest absolute Gasteiger partial charge is 0.154 e. The molecule has 1 aromatic heterocycles. The van der Waals surface area contributed by atoms with E-state index in [2.05, 4.69) is 36.3 Å². The number of aromatic nitrogens is 1. The zero-order valence-electron chi connectivity index (χ0n) is 11.2. The van der Waals surface area contributed by atoms with Crippen LogP contribution in [0, 0.1) is 13.8 Å². The van der Waals surface area contributed by atoms with E-state index >= 15 is 0 Å². The summed E-state index contributed by atoms with van der Waals surface area (Å²) in [5.74, 6) is 0.0507. The van der Waals surface area contributed by atoms with E-state index in [-0.39, 0.29) is 5.78 Å². The summed E-state index contributed by atoms with van der Waals surface area (Å²) in [6.45, 7) is 7.62. The molecular weight excluding hydrogens is 224 g/mol. The second-order valence-corrected chi connectivity index (χ2v) is 4.70. The van der Waals surface area contributed by atoms with E-state index in [1.165, 1.54) is 16.6 Å². The van der Waals surface area contributed by atoms with Crippen LogP contribution in [-0.4, -0.2) is 10.8 Å². The largest absolute Gasteiger partial charge is 0.359 e. The Bertz CT molecular complexity index is 635. The Morgan fingerprint density at radius 1 is 1.28 bits per heavy atom. The number of carbonyl (C=O) groups excluding carboxylic acids is 1. The van der Waals surface area contributed by atoms with Gasteiger partial charge in [-0.3, -0.25) is 4.79 Å². The van der Waals surface area contributed by atoms with Crippen LogP contribution in [-0.2, 0) is 4.79 Å². The Labute approximate surface area is 107 Å². The maximum Gasteiger partial charge on any atom is 0.154 e. The predicted molar refractivity (Wildman–Crippen MR) is 75.8 cm³/mol. The zero-order valence-corrected chi connectivity index (χ0v) is 11.2. The Balaban J connectivity index is 2.35. The second-order valence-electron chi connectivity index (χ2n) is 4.70. The third kappa shape index (κ3) is 2.45. The van der Waals surface area contributed by atoms with Crippen molar-refractivity contribution in [2.75, 3.05) is 5.32 Å². The molecule has 3 nitrogen and oxygen atoms in total. The molecule has 2 aromatic rings.